The van der Waals surface area contributed by atoms with Gasteiger partial charge in [0, 0.05) is 6.04 Å². The number of sulfonamides is 1. The molecular weight excluding hydrogens is 236 g/mol. The number of hydrogen-bond acceptors (Lipinski definition) is 4. The number of carboxylic acid groups (broad SMARTS) is 1. The summed E-state index contributed by atoms with van der Waals surface area (Å²) >= 11 is 0. The average molecular weight is 252 g/mol. The van der Waals surface area contributed by atoms with Crippen LogP contribution in [0, 0.1) is 0 Å². The van der Waals surface area contributed by atoms with Gasteiger partial charge in [-0.3, -0.25) is 9.59 Å². The summed E-state index contributed by atoms with van der Waals surface area (Å²) in [6.45, 7) is 2.73. The maximum Gasteiger partial charge on any atom is 0.323 e. The molecule has 0 saturated carbocycles. The zero-order valence-electron chi connectivity index (χ0n) is 9.43. The molecule has 8 heteroatoms. The predicted octanol–water partition coefficient (Wildman–Crippen LogP) is -1.14. The van der Waals surface area contributed by atoms with Gasteiger partial charge in [0.05, 0.1) is 0 Å². The van der Waals surface area contributed by atoms with E-state index in [1.165, 1.54) is 7.05 Å². The molecule has 0 aromatic carbocycles. The highest BCUT2D eigenvalue weighted by atomic mass is 32.2. The standard InChI is InChI=1S/C8H16N2O5S/c1-6(2)10(4-8(12)13)7(11)5-16(14,15)9-3/h6,9H,4-5H2,1-3H3,(H,12,13). The molecule has 16 heavy (non-hydrogen) atoms. The fourth-order valence-electron chi connectivity index (χ4n) is 1.02. The van der Waals surface area contributed by atoms with Crippen LogP contribution in [0.5, 0.6) is 0 Å². The normalized spacial score (nSPS) is 11.5. The highest BCUT2D eigenvalue weighted by Crippen LogP contribution is 2.00. The number of carbonyl (C=O) groups is 2. The van der Waals surface area contributed by atoms with Crippen LogP contribution in [0.15, 0.2) is 0 Å². The molecule has 0 aliphatic rings. The van der Waals surface area contributed by atoms with Gasteiger partial charge in [0.25, 0.3) is 0 Å². The van der Waals surface area contributed by atoms with Crippen LogP contribution in [0.25, 0.3) is 0 Å². The first kappa shape index (κ1) is 14.8. The van der Waals surface area contributed by atoms with Crippen molar-refractivity contribution < 1.29 is 23.1 Å². The minimum atomic E-state index is -3.67. The second kappa shape index (κ2) is 5.80. The molecule has 0 radical (unpaired) electrons. The summed E-state index contributed by atoms with van der Waals surface area (Å²) < 4.78 is 24.2. The third-order valence-corrected chi connectivity index (χ3v) is 3.12. The molecule has 0 aromatic heterocycles. The summed E-state index contributed by atoms with van der Waals surface area (Å²) in [5.41, 5.74) is 0. The van der Waals surface area contributed by atoms with E-state index in [1.54, 1.807) is 13.8 Å². The lowest BCUT2D eigenvalue weighted by molar-refractivity contribution is -0.144. The first-order valence-electron chi connectivity index (χ1n) is 4.62. The van der Waals surface area contributed by atoms with Gasteiger partial charge in [-0.15, -0.1) is 0 Å². The number of aliphatic carboxylic acids is 1. The van der Waals surface area contributed by atoms with Crippen molar-refractivity contribution in [1.29, 1.82) is 0 Å². The van der Waals surface area contributed by atoms with E-state index in [0.29, 0.717) is 0 Å². The monoisotopic (exact) mass is 252 g/mol. The summed E-state index contributed by atoms with van der Waals surface area (Å²) in [6, 6.07) is -0.365. The average Bonchev–Trinajstić information content (AvgIpc) is 2.12. The van der Waals surface area contributed by atoms with E-state index >= 15 is 0 Å². The van der Waals surface area contributed by atoms with Crippen LogP contribution < -0.4 is 4.72 Å². The van der Waals surface area contributed by atoms with Crippen molar-refractivity contribution >= 4 is 21.9 Å². The molecule has 0 heterocycles. The molecule has 0 aliphatic heterocycles. The van der Waals surface area contributed by atoms with E-state index in [0.717, 1.165) is 4.90 Å². The predicted molar refractivity (Wildman–Crippen MR) is 57.3 cm³/mol. The third kappa shape index (κ3) is 5.08. The molecule has 0 saturated heterocycles. The maximum absolute atomic E-state index is 11.5. The number of amides is 1. The summed E-state index contributed by atoms with van der Waals surface area (Å²) in [6.07, 6.45) is 0. The van der Waals surface area contributed by atoms with Crippen LogP contribution >= 0.6 is 0 Å². The van der Waals surface area contributed by atoms with Gasteiger partial charge in [0.2, 0.25) is 15.9 Å². The summed E-state index contributed by atoms with van der Waals surface area (Å²) in [5.74, 6) is -2.65. The number of rotatable bonds is 6. The van der Waals surface area contributed by atoms with Gasteiger partial charge in [0.15, 0.2) is 0 Å². The number of hydrogen-bond donors (Lipinski definition) is 2. The van der Waals surface area contributed by atoms with Crippen molar-refractivity contribution in [3.8, 4) is 0 Å². The van der Waals surface area contributed by atoms with Crippen LogP contribution in [-0.4, -0.2) is 55.7 Å². The van der Waals surface area contributed by atoms with E-state index in [-0.39, 0.29) is 6.04 Å². The second-order valence-corrected chi connectivity index (χ2v) is 5.40. The highest BCUT2D eigenvalue weighted by Gasteiger charge is 2.24. The van der Waals surface area contributed by atoms with Crippen molar-refractivity contribution in [2.24, 2.45) is 0 Å². The van der Waals surface area contributed by atoms with Gasteiger partial charge in [-0.1, -0.05) is 0 Å². The lowest BCUT2D eigenvalue weighted by atomic mass is 10.3. The van der Waals surface area contributed by atoms with Gasteiger partial charge in [-0.2, -0.15) is 0 Å². The summed E-state index contributed by atoms with van der Waals surface area (Å²) in [7, 11) is -2.47. The van der Waals surface area contributed by atoms with Crippen molar-refractivity contribution in [3.63, 3.8) is 0 Å². The van der Waals surface area contributed by atoms with Crippen LogP contribution in [0.1, 0.15) is 13.8 Å². The Bertz CT molecular complexity index is 363. The largest absolute Gasteiger partial charge is 0.480 e. The topological polar surface area (TPSA) is 104 Å². The van der Waals surface area contributed by atoms with Gasteiger partial charge < -0.3 is 10.0 Å². The van der Waals surface area contributed by atoms with Gasteiger partial charge in [-0.05, 0) is 20.9 Å². The van der Waals surface area contributed by atoms with Crippen molar-refractivity contribution in [1.82, 2.24) is 9.62 Å². The number of nitrogens with one attached hydrogen (secondary N) is 1. The summed E-state index contributed by atoms with van der Waals surface area (Å²) in [4.78, 5) is 23.0. The fourth-order valence-corrected chi connectivity index (χ4v) is 1.66. The Kier molecular flexibility index (Phi) is 5.39. The van der Waals surface area contributed by atoms with Crippen molar-refractivity contribution in [2.45, 2.75) is 19.9 Å². The number of carboxylic acids is 1. The Hall–Kier alpha value is -1.15. The van der Waals surface area contributed by atoms with Crippen LogP contribution in [0.3, 0.4) is 0 Å². The van der Waals surface area contributed by atoms with Gasteiger partial charge >= 0.3 is 5.97 Å². The second-order valence-electron chi connectivity index (χ2n) is 3.47. The zero-order chi connectivity index (χ0) is 12.9. The Labute approximate surface area is 94.5 Å². The number of carbonyl (C=O) groups excluding carboxylic acids is 1. The smallest absolute Gasteiger partial charge is 0.323 e. The summed E-state index contributed by atoms with van der Waals surface area (Å²) in [5, 5.41) is 8.58. The van der Waals surface area contributed by atoms with Crippen LogP contribution in [0.4, 0.5) is 0 Å². The van der Waals surface area contributed by atoms with E-state index in [4.69, 9.17) is 5.11 Å². The third-order valence-electron chi connectivity index (χ3n) is 1.87. The molecule has 0 bridgehead atoms. The van der Waals surface area contributed by atoms with E-state index in [9.17, 15) is 18.0 Å². The molecule has 7 nitrogen and oxygen atoms in total. The first-order valence-corrected chi connectivity index (χ1v) is 6.27. The van der Waals surface area contributed by atoms with E-state index in [1.807, 2.05) is 4.72 Å². The first-order chi connectivity index (χ1) is 7.19. The number of nitrogens with zero attached hydrogens (tertiary/aromatic N) is 1. The lowest BCUT2D eigenvalue weighted by Gasteiger charge is -2.24. The molecule has 0 rings (SSSR count). The molecule has 1 amide bonds. The molecule has 2 N–H and O–H groups in total. The molecule has 0 fully saturated rings. The minimum absolute atomic E-state index is 0.365. The molecule has 94 valence electrons. The van der Waals surface area contributed by atoms with Crippen LogP contribution in [-0.2, 0) is 19.6 Å². The fraction of sp³-hybridized carbons (Fsp3) is 0.750. The molecule has 0 spiro atoms. The Balaban J connectivity index is 4.70. The highest BCUT2D eigenvalue weighted by molar-refractivity contribution is 7.90. The molecule has 0 aliphatic carbocycles. The van der Waals surface area contributed by atoms with Gasteiger partial charge in [-0.25, -0.2) is 13.1 Å². The Morgan fingerprint density at radius 2 is 1.88 bits per heavy atom. The van der Waals surface area contributed by atoms with Crippen molar-refractivity contribution in [3.05, 3.63) is 0 Å². The molecular formula is C8H16N2O5S. The van der Waals surface area contributed by atoms with E-state index in [2.05, 4.69) is 0 Å². The maximum atomic E-state index is 11.5. The molecule has 0 unspecified atom stereocenters. The molecule has 0 atom stereocenters. The van der Waals surface area contributed by atoms with Crippen molar-refractivity contribution in [2.75, 3.05) is 19.3 Å². The van der Waals surface area contributed by atoms with Crippen LogP contribution in [0.2, 0.25) is 0 Å². The van der Waals surface area contributed by atoms with E-state index < -0.39 is 34.2 Å². The van der Waals surface area contributed by atoms with Gasteiger partial charge in [0.1, 0.15) is 12.3 Å². The Morgan fingerprint density at radius 1 is 1.38 bits per heavy atom. The molecule has 0 aromatic rings. The quantitative estimate of drug-likeness (QED) is 0.621. The SMILES string of the molecule is CNS(=O)(=O)CC(=O)N(CC(=O)O)C(C)C. The lowest BCUT2D eigenvalue weighted by Crippen LogP contribution is -2.44. The zero-order valence-corrected chi connectivity index (χ0v) is 10.2. The minimum Gasteiger partial charge on any atom is -0.480 e. The Morgan fingerprint density at radius 3 is 2.19 bits per heavy atom.